The van der Waals surface area contributed by atoms with Crippen molar-refractivity contribution in [1.29, 1.82) is 0 Å². The molecule has 0 fully saturated rings. The van der Waals surface area contributed by atoms with Crippen molar-refractivity contribution in [3.05, 3.63) is 0 Å². The van der Waals surface area contributed by atoms with Gasteiger partial charge < -0.3 is 14.7 Å². The van der Waals surface area contributed by atoms with Crippen molar-refractivity contribution < 1.29 is 19.5 Å². The van der Waals surface area contributed by atoms with E-state index in [9.17, 15) is 15.0 Å². The monoisotopic (exact) mass is 400 g/mol. The third-order valence-corrected chi connectivity index (χ3v) is 6.03. The number of aliphatic hydroxyl groups excluding tert-OH is 1. The van der Waals surface area contributed by atoms with Crippen LogP contribution in [0.5, 0.6) is 0 Å². The van der Waals surface area contributed by atoms with Crippen LogP contribution in [0.3, 0.4) is 0 Å². The second-order valence-electron chi connectivity index (χ2n) is 9.29. The van der Waals surface area contributed by atoms with Crippen LogP contribution in [-0.4, -0.2) is 53.5 Å². The summed E-state index contributed by atoms with van der Waals surface area (Å²) < 4.78 is 0.370. The summed E-state index contributed by atoms with van der Waals surface area (Å²) in [6.07, 6.45) is 18.8. The van der Waals surface area contributed by atoms with Gasteiger partial charge in [0.2, 0.25) is 0 Å². The summed E-state index contributed by atoms with van der Waals surface area (Å²) in [6.45, 7) is 4.87. The maximum atomic E-state index is 11.6. The van der Waals surface area contributed by atoms with Crippen LogP contribution in [0.15, 0.2) is 0 Å². The summed E-state index contributed by atoms with van der Waals surface area (Å²) in [4.78, 5) is 11.6. The van der Waals surface area contributed by atoms with Crippen LogP contribution in [0.25, 0.3) is 0 Å². The molecule has 2 N–H and O–H groups in total. The molecule has 168 valence electrons. The Bertz CT molecular complexity index is 371. The van der Waals surface area contributed by atoms with Crippen molar-refractivity contribution in [2.75, 3.05) is 20.6 Å². The smallest absolute Gasteiger partial charge is 0.362 e. The molecular formula is C24H50NO3+. The average molecular weight is 401 g/mol. The van der Waals surface area contributed by atoms with E-state index in [2.05, 4.69) is 13.8 Å². The molecule has 0 aromatic carbocycles. The van der Waals surface area contributed by atoms with Crippen molar-refractivity contribution in [3.8, 4) is 0 Å². The third kappa shape index (κ3) is 14.4. The molecule has 0 aromatic rings. The molecule has 2 atom stereocenters. The largest absolute Gasteiger partial charge is 0.477 e. The van der Waals surface area contributed by atoms with E-state index < -0.39 is 18.1 Å². The van der Waals surface area contributed by atoms with Crippen molar-refractivity contribution in [3.63, 3.8) is 0 Å². The Balaban J connectivity index is 3.77. The van der Waals surface area contributed by atoms with E-state index in [0.717, 1.165) is 25.7 Å². The third-order valence-electron chi connectivity index (χ3n) is 6.03. The second-order valence-corrected chi connectivity index (χ2v) is 9.29. The van der Waals surface area contributed by atoms with E-state index in [1.54, 1.807) is 0 Å². The number of rotatable bonds is 20. The van der Waals surface area contributed by atoms with Gasteiger partial charge in [0.05, 0.1) is 14.1 Å². The van der Waals surface area contributed by atoms with Gasteiger partial charge in [0.15, 0.2) is 6.04 Å². The highest BCUT2D eigenvalue weighted by molar-refractivity contribution is 5.72. The Morgan fingerprint density at radius 3 is 1.57 bits per heavy atom. The lowest BCUT2D eigenvalue weighted by atomic mass is 10.0. The second kappa shape index (κ2) is 17.3. The minimum absolute atomic E-state index is 0.370. The Labute approximate surface area is 175 Å². The van der Waals surface area contributed by atoms with Crippen LogP contribution in [0.4, 0.5) is 0 Å². The van der Waals surface area contributed by atoms with Crippen LogP contribution in [0.2, 0.25) is 0 Å². The highest BCUT2D eigenvalue weighted by Gasteiger charge is 2.35. The summed E-state index contributed by atoms with van der Waals surface area (Å²) in [5.74, 6) is -0.740. The van der Waals surface area contributed by atoms with Crippen LogP contribution >= 0.6 is 0 Å². The summed E-state index contributed by atoms with van der Waals surface area (Å²) in [5.41, 5.74) is 0. The number of likely N-dealkylation sites (N-methyl/N-ethyl adjacent to an activating group) is 1. The molecule has 0 amide bonds. The van der Waals surface area contributed by atoms with Crippen molar-refractivity contribution in [2.45, 2.75) is 129 Å². The molecule has 0 spiro atoms. The van der Waals surface area contributed by atoms with Gasteiger partial charge in [-0.3, -0.25) is 0 Å². The molecule has 0 bridgehead atoms. The summed E-state index contributed by atoms with van der Waals surface area (Å²) in [5, 5.41) is 19.9. The molecule has 2 unspecified atom stereocenters. The first-order chi connectivity index (χ1) is 13.3. The standard InChI is InChI=1S/C24H49NO3/c1-5-7-9-10-11-12-13-14-15-16-17-18-19-22(26)21-25(3,4)23(24(27)28)20-8-6-2/h22-23,26H,5-21H2,1-4H3/p+1. The fourth-order valence-corrected chi connectivity index (χ4v) is 4.15. The maximum absolute atomic E-state index is 11.6. The fourth-order valence-electron chi connectivity index (χ4n) is 4.15. The molecule has 0 radical (unpaired) electrons. The molecule has 0 aromatic heterocycles. The number of aliphatic hydroxyl groups is 1. The van der Waals surface area contributed by atoms with Crippen LogP contribution in [0, 0.1) is 0 Å². The predicted molar refractivity (Wildman–Crippen MR) is 120 cm³/mol. The lowest BCUT2D eigenvalue weighted by Crippen LogP contribution is -2.56. The number of unbranched alkanes of at least 4 members (excludes halogenated alkanes) is 12. The van der Waals surface area contributed by atoms with Gasteiger partial charge in [0.1, 0.15) is 12.6 Å². The molecule has 4 heteroatoms. The Kier molecular flexibility index (Phi) is 16.9. The molecule has 0 heterocycles. The van der Waals surface area contributed by atoms with Gasteiger partial charge >= 0.3 is 5.97 Å². The molecule has 28 heavy (non-hydrogen) atoms. The number of carboxylic acids is 1. The van der Waals surface area contributed by atoms with Gasteiger partial charge in [0.25, 0.3) is 0 Å². The molecule has 4 nitrogen and oxygen atoms in total. The normalized spacial score (nSPS) is 14.2. The van der Waals surface area contributed by atoms with Crippen molar-refractivity contribution in [1.82, 2.24) is 0 Å². The summed E-state index contributed by atoms with van der Waals surface area (Å²) in [6, 6.07) is -0.420. The van der Waals surface area contributed by atoms with Gasteiger partial charge in [-0.05, 0) is 12.8 Å². The van der Waals surface area contributed by atoms with E-state index in [4.69, 9.17) is 0 Å². The molecule has 0 rings (SSSR count). The van der Waals surface area contributed by atoms with Gasteiger partial charge in [-0.15, -0.1) is 0 Å². The zero-order valence-electron chi connectivity index (χ0n) is 19.4. The van der Waals surface area contributed by atoms with E-state index in [1.807, 2.05) is 14.1 Å². The number of hydrogen-bond acceptors (Lipinski definition) is 2. The number of hydrogen-bond donors (Lipinski definition) is 2. The lowest BCUT2D eigenvalue weighted by Gasteiger charge is -2.37. The van der Waals surface area contributed by atoms with Crippen LogP contribution in [-0.2, 0) is 4.79 Å². The van der Waals surface area contributed by atoms with Gasteiger partial charge in [-0.2, -0.15) is 0 Å². The topological polar surface area (TPSA) is 57.5 Å². The minimum atomic E-state index is -0.740. The first-order valence-electron chi connectivity index (χ1n) is 12.1. The zero-order valence-corrected chi connectivity index (χ0v) is 19.4. The molecule has 0 aliphatic heterocycles. The molecule has 0 aliphatic carbocycles. The molecule has 0 saturated carbocycles. The van der Waals surface area contributed by atoms with Gasteiger partial charge in [0, 0.05) is 6.42 Å². The number of nitrogens with zero attached hydrogens (tertiary/aromatic N) is 1. The Morgan fingerprint density at radius 1 is 0.714 bits per heavy atom. The highest BCUT2D eigenvalue weighted by Crippen LogP contribution is 2.18. The first-order valence-corrected chi connectivity index (χ1v) is 12.1. The maximum Gasteiger partial charge on any atom is 0.362 e. The SMILES string of the molecule is CCCCCCCCCCCCCCC(O)C[N+](C)(C)C(CCCC)C(=O)O. The number of aliphatic carboxylic acids is 1. The fraction of sp³-hybridized carbons (Fsp3) is 0.958. The predicted octanol–water partition coefficient (Wildman–Crippen LogP) is 6.16. The van der Waals surface area contributed by atoms with E-state index in [0.29, 0.717) is 17.4 Å². The van der Waals surface area contributed by atoms with Crippen LogP contribution < -0.4 is 0 Å². The van der Waals surface area contributed by atoms with Crippen molar-refractivity contribution >= 4 is 5.97 Å². The zero-order chi connectivity index (χ0) is 21.3. The molecular weight excluding hydrogens is 350 g/mol. The molecule has 0 saturated heterocycles. The number of quaternary nitrogens is 1. The van der Waals surface area contributed by atoms with Crippen LogP contribution in [0.1, 0.15) is 117 Å². The Hall–Kier alpha value is -0.610. The van der Waals surface area contributed by atoms with Gasteiger partial charge in [-0.25, -0.2) is 4.79 Å². The minimum Gasteiger partial charge on any atom is -0.477 e. The average Bonchev–Trinajstić information content (AvgIpc) is 2.62. The Morgan fingerprint density at radius 2 is 1.14 bits per heavy atom. The van der Waals surface area contributed by atoms with E-state index in [1.165, 1.54) is 70.6 Å². The summed E-state index contributed by atoms with van der Waals surface area (Å²) >= 11 is 0. The van der Waals surface area contributed by atoms with Gasteiger partial charge in [-0.1, -0.05) is 97.3 Å². The molecule has 0 aliphatic rings. The van der Waals surface area contributed by atoms with E-state index in [-0.39, 0.29) is 0 Å². The highest BCUT2D eigenvalue weighted by atomic mass is 16.4. The van der Waals surface area contributed by atoms with Crippen molar-refractivity contribution in [2.24, 2.45) is 0 Å². The lowest BCUT2D eigenvalue weighted by molar-refractivity contribution is -0.909. The quantitative estimate of drug-likeness (QED) is 0.190. The number of carboxylic acid groups (broad SMARTS) is 1. The van der Waals surface area contributed by atoms with E-state index >= 15 is 0 Å². The summed E-state index contributed by atoms with van der Waals surface area (Å²) in [7, 11) is 3.89. The first kappa shape index (κ1) is 27.4. The number of carbonyl (C=O) groups is 1.